The number of esters is 1. The van der Waals surface area contributed by atoms with Crippen LogP contribution in [0.5, 0.6) is 23.0 Å². The van der Waals surface area contributed by atoms with E-state index < -0.39 is 14.5 Å². The van der Waals surface area contributed by atoms with Gasteiger partial charge in [0.05, 0.1) is 0 Å². The fourth-order valence-corrected chi connectivity index (χ4v) is 9.70. The average molecular weight is 833 g/mol. The van der Waals surface area contributed by atoms with E-state index in [1.807, 2.05) is 0 Å². The number of hydrogen-bond donors (Lipinski definition) is 0. The fraction of sp³-hybridized carbons (Fsp3) is 0.537. The van der Waals surface area contributed by atoms with Crippen LogP contribution in [0.15, 0.2) is 48.5 Å². The van der Waals surface area contributed by atoms with Gasteiger partial charge in [0.2, 0.25) is 0 Å². The number of rotatable bonds is 3. The van der Waals surface area contributed by atoms with E-state index >= 15 is 0 Å². The van der Waals surface area contributed by atoms with Crippen molar-refractivity contribution in [2.75, 3.05) is 0 Å². The third-order valence-electron chi connectivity index (χ3n) is 12.4. The van der Waals surface area contributed by atoms with E-state index in [-0.39, 0.29) is 44.4 Å². The van der Waals surface area contributed by atoms with Crippen LogP contribution in [0.4, 0.5) is 0 Å². The molecule has 0 saturated carbocycles. The van der Waals surface area contributed by atoms with Gasteiger partial charge in [-0.3, -0.25) is 4.79 Å². The Labute approximate surface area is 364 Å². The highest BCUT2D eigenvalue weighted by Crippen LogP contribution is 2.57. The van der Waals surface area contributed by atoms with Gasteiger partial charge in [-0.25, -0.2) is 0 Å². The molecule has 5 nitrogen and oxygen atoms in total. The Morgan fingerprint density at radius 2 is 0.833 bits per heavy atom. The van der Waals surface area contributed by atoms with E-state index in [1.54, 1.807) is 0 Å². The highest BCUT2D eigenvalue weighted by Gasteiger charge is 2.42. The monoisotopic (exact) mass is 833 g/mol. The van der Waals surface area contributed by atoms with Gasteiger partial charge in [0.25, 0.3) is 0 Å². The number of carbonyl (C=O) groups is 1. The number of hydrogen-bond acceptors (Lipinski definition) is 5. The molecule has 4 aromatic rings. The molecule has 0 bridgehead atoms. The minimum absolute atomic E-state index is 0.0200. The molecule has 0 radical (unpaired) electrons. The van der Waals surface area contributed by atoms with Crippen molar-refractivity contribution in [1.29, 1.82) is 0 Å². The predicted octanol–water partition coefficient (Wildman–Crippen LogP) is 15.4. The van der Waals surface area contributed by atoms with Gasteiger partial charge in [-0.05, 0) is 79.7 Å². The lowest BCUT2D eigenvalue weighted by atomic mass is 9.74. The molecule has 0 spiro atoms. The zero-order chi connectivity index (χ0) is 45.0. The van der Waals surface area contributed by atoms with Crippen molar-refractivity contribution in [1.82, 2.24) is 0 Å². The standard InChI is InChI=1S/C54H73O5P/c1-30-22-33(43-39-26-36(51(10,11)12)27-40(52(13,14)15)45(39)56-48(43)55)23-31(2)44(30)57-60-58-46-37(24-34(49(4,5)6)28-41(46)53(16,17)18)32(3)38-25-35(50(7,8)9)29-42(47(38)59-60)54(19,20)21/h22-29,32,43H,1-21H3. The van der Waals surface area contributed by atoms with Crippen LogP contribution < -0.4 is 18.3 Å². The van der Waals surface area contributed by atoms with Gasteiger partial charge in [0, 0.05) is 39.3 Å². The minimum Gasteiger partial charge on any atom is -0.425 e. The average Bonchev–Trinajstić information content (AvgIpc) is 3.40. The lowest BCUT2D eigenvalue weighted by Gasteiger charge is -2.36. The molecule has 6 heteroatoms. The number of fused-ring (bicyclic) bond motifs is 3. The Hall–Kier alpha value is -3.82. The highest BCUT2D eigenvalue weighted by molar-refractivity contribution is 7.43. The maximum atomic E-state index is 13.9. The summed E-state index contributed by atoms with van der Waals surface area (Å²) in [5.41, 5.74) is 12.0. The molecule has 324 valence electrons. The van der Waals surface area contributed by atoms with Gasteiger partial charge in [-0.15, -0.1) is 0 Å². The maximum absolute atomic E-state index is 13.9. The molecular formula is C54H73O5P. The molecule has 0 N–H and O–H groups in total. The fourth-order valence-electron chi connectivity index (χ4n) is 8.44. The van der Waals surface area contributed by atoms with Crippen molar-refractivity contribution in [2.24, 2.45) is 0 Å². The third kappa shape index (κ3) is 8.77. The molecule has 0 saturated heterocycles. The summed E-state index contributed by atoms with van der Waals surface area (Å²) in [4.78, 5) is 13.9. The summed E-state index contributed by atoms with van der Waals surface area (Å²) >= 11 is 0. The van der Waals surface area contributed by atoms with Crippen LogP contribution in [-0.4, -0.2) is 5.97 Å². The summed E-state index contributed by atoms with van der Waals surface area (Å²) in [5, 5.41) is 0. The van der Waals surface area contributed by atoms with E-state index in [2.05, 4.69) is 194 Å². The zero-order valence-electron chi connectivity index (χ0n) is 40.8. The topological polar surface area (TPSA) is 54.0 Å². The van der Waals surface area contributed by atoms with Crippen LogP contribution >= 0.6 is 8.60 Å². The smallest absolute Gasteiger partial charge is 0.425 e. The van der Waals surface area contributed by atoms with Crippen molar-refractivity contribution < 1.29 is 23.1 Å². The van der Waals surface area contributed by atoms with Gasteiger partial charge in [-0.1, -0.05) is 180 Å². The second-order valence-electron chi connectivity index (χ2n) is 23.9. The van der Waals surface area contributed by atoms with Crippen molar-refractivity contribution in [3.05, 3.63) is 115 Å². The second kappa shape index (κ2) is 14.9. The van der Waals surface area contributed by atoms with Crippen molar-refractivity contribution in [3.8, 4) is 23.0 Å². The summed E-state index contributed by atoms with van der Waals surface area (Å²) in [6, 6.07) is 17.9. The molecule has 6 rings (SSSR count). The molecule has 0 fully saturated rings. The van der Waals surface area contributed by atoms with Gasteiger partial charge in [0.1, 0.15) is 28.9 Å². The molecule has 0 aromatic heterocycles. The van der Waals surface area contributed by atoms with Gasteiger partial charge in [0.15, 0.2) is 0 Å². The van der Waals surface area contributed by atoms with Crippen molar-refractivity contribution >= 4 is 14.6 Å². The van der Waals surface area contributed by atoms with E-state index in [0.29, 0.717) is 11.5 Å². The molecule has 60 heavy (non-hydrogen) atoms. The highest BCUT2D eigenvalue weighted by atomic mass is 31.2. The maximum Gasteiger partial charge on any atom is 0.530 e. The molecular weight excluding hydrogens is 760 g/mol. The predicted molar refractivity (Wildman–Crippen MR) is 251 cm³/mol. The number of aryl methyl sites for hydroxylation is 2. The lowest BCUT2D eigenvalue weighted by molar-refractivity contribution is -0.133. The number of carbonyl (C=O) groups excluding carboxylic acids is 1. The molecule has 2 aliphatic heterocycles. The Morgan fingerprint density at radius 3 is 1.18 bits per heavy atom. The summed E-state index contributed by atoms with van der Waals surface area (Å²) in [7, 11) is -2.02. The van der Waals surface area contributed by atoms with Crippen molar-refractivity contribution in [2.45, 2.75) is 190 Å². The van der Waals surface area contributed by atoms with E-state index in [9.17, 15) is 4.79 Å². The summed E-state index contributed by atoms with van der Waals surface area (Å²) < 4.78 is 27.6. The summed E-state index contributed by atoms with van der Waals surface area (Å²) in [5.74, 6) is 2.24. The van der Waals surface area contributed by atoms with Crippen LogP contribution in [0.1, 0.15) is 210 Å². The Kier molecular flexibility index (Phi) is 11.4. The van der Waals surface area contributed by atoms with Crippen LogP contribution in [0, 0.1) is 13.8 Å². The molecule has 2 heterocycles. The number of benzene rings is 4. The first-order chi connectivity index (χ1) is 27.2. The summed E-state index contributed by atoms with van der Waals surface area (Å²) in [6.45, 7) is 46.8. The van der Waals surface area contributed by atoms with E-state index in [0.717, 1.165) is 61.6 Å². The largest absolute Gasteiger partial charge is 0.530 e. The molecule has 1 unspecified atom stereocenters. The minimum atomic E-state index is -2.02. The normalized spacial score (nSPS) is 18.7. The van der Waals surface area contributed by atoms with Gasteiger partial charge in [-0.2, -0.15) is 0 Å². The van der Waals surface area contributed by atoms with Crippen LogP contribution in [0.3, 0.4) is 0 Å². The van der Waals surface area contributed by atoms with E-state index in [4.69, 9.17) is 18.3 Å². The quantitative estimate of drug-likeness (QED) is 0.117. The first kappa shape index (κ1) is 45.7. The van der Waals surface area contributed by atoms with Gasteiger partial charge < -0.3 is 18.3 Å². The molecule has 0 aliphatic carbocycles. The molecule has 2 aliphatic rings. The first-order valence-electron chi connectivity index (χ1n) is 21.9. The molecule has 4 aromatic carbocycles. The lowest BCUT2D eigenvalue weighted by Crippen LogP contribution is -2.23. The second-order valence-corrected chi connectivity index (χ2v) is 24.9. The number of ether oxygens (including phenoxy) is 1. The van der Waals surface area contributed by atoms with Crippen LogP contribution in [0.25, 0.3) is 0 Å². The van der Waals surface area contributed by atoms with E-state index in [1.165, 1.54) is 16.7 Å². The molecule has 0 amide bonds. The molecule has 1 atom stereocenters. The Balaban J connectivity index is 1.54. The SMILES string of the molecule is Cc1cc(C2C(=O)Oc3c2cc(C(C)(C)C)cc3C(C)(C)C)cc(C)c1OP1Oc2c(cc(C(C)(C)C)cc2C(C)(C)C)C(C)c2cc(C(C)(C)C)cc(C(C)(C)C)c2O1. The van der Waals surface area contributed by atoms with Crippen LogP contribution in [-0.2, 0) is 37.3 Å². The Morgan fingerprint density at radius 1 is 0.483 bits per heavy atom. The Bertz CT molecular complexity index is 2230. The van der Waals surface area contributed by atoms with Crippen molar-refractivity contribution in [3.63, 3.8) is 0 Å². The first-order valence-corrected chi connectivity index (χ1v) is 23.0. The third-order valence-corrected chi connectivity index (χ3v) is 13.4. The van der Waals surface area contributed by atoms with Gasteiger partial charge >= 0.3 is 14.6 Å². The summed E-state index contributed by atoms with van der Waals surface area (Å²) in [6.07, 6.45) is 0. The van der Waals surface area contributed by atoms with Crippen LogP contribution in [0.2, 0.25) is 0 Å². The zero-order valence-corrected chi connectivity index (χ0v) is 41.7.